The Morgan fingerprint density at radius 1 is 1.55 bits per heavy atom. The molecule has 0 amide bonds. The van der Waals surface area contributed by atoms with E-state index in [1.165, 1.54) is 6.20 Å². The van der Waals surface area contributed by atoms with E-state index < -0.39 is 5.97 Å². The molecule has 0 spiro atoms. The molecule has 0 aliphatic carbocycles. The first-order valence-corrected chi connectivity index (χ1v) is 6.59. The molecule has 6 heteroatoms. The Morgan fingerprint density at radius 3 is 2.85 bits per heavy atom. The predicted molar refractivity (Wildman–Crippen MR) is 72.5 cm³/mol. The van der Waals surface area contributed by atoms with Crippen LogP contribution in [0.25, 0.3) is 0 Å². The molecule has 1 aromatic rings. The van der Waals surface area contributed by atoms with Crippen LogP contribution in [0.5, 0.6) is 0 Å². The largest absolute Gasteiger partial charge is 0.478 e. The van der Waals surface area contributed by atoms with Crippen molar-refractivity contribution in [1.82, 2.24) is 9.88 Å². The van der Waals surface area contributed by atoms with Crippen molar-refractivity contribution in [3.05, 3.63) is 29.6 Å². The highest BCUT2D eigenvalue weighted by atomic mass is 16.5. The number of aromatic nitrogens is 1. The van der Waals surface area contributed by atoms with E-state index in [4.69, 9.17) is 9.84 Å². The Balaban J connectivity index is 2.03. The van der Waals surface area contributed by atoms with Gasteiger partial charge in [0.05, 0.1) is 29.6 Å². The molecule has 1 aliphatic rings. The van der Waals surface area contributed by atoms with Gasteiger partial charge in [0.25, 0.3) is 0 Å². The summed E-state index contributed by atoms with van der Waals surface area (Å²) in [5.41, 5.74) is 0.681. The minimum Gasteiger partial charge on any atom is -0.478 e. The molecule has 2 N–H and O–H groups in total. The second-order valence-corrected chi connectivity index (χ2v) is 5.70. The van der Waals surface area contributed by atoms with Crippen LogP contribution < -0.4 is 0 Å². The maximum Gasteiger partial charge on any atom is 0.337 e. The van der Waals surface area contributed by atoms with E-state index in [-0.39, 0.29) is 23.9 Å². The summed E-state index contributed by atoms with van der Waals surface area (Å²) in [6.07, 6.45) is 1.17. The van der Waals surface area contributed by atoms with Crippen LogP contribution in [-0.4, -0.2) is 57.5 Å². The maximum atomic E-state index is 10.8. The number of carbonyl (C=O) groups is 1. The lowest BCUT2D eigenvalue weighted by Gasteiger charge is -2.42. The second kappa shape index (κ2) is 5.87. The Kier molecular flexibility index (Phi) is 4.37. The number of aliphatic hydroxyl groups is 1. The van der Waals surface area contributed by atoms with Gasteiger partial charge in [-0.3, -0.25) is 9.88 Å². The molecule has 0 saturated carbocycles. The molecular weight excluding hydrogens is 260 g/mol. The first-order chi connectivity index (χ1) is 9.39. The van der Waals surface area contributed by atoms with Crippen molar-refractivity contribution in [2.45, 2.75) is 32.1 Å². The van der Waals surface area contributed by atoms with E-state index in [2.05, 4.69) is 9.88 Å². The Hall–Kier alpha value is -1.50. The van der Waals surface area contributed by atoms with Gasteiger partial charge in [0.15, 0.2) is 0 Å². The van der Waals surface area contributed by atoms with Gasteiger partial charge in [-0.05, 0) is 26.0 Å². The summed E-state index contributed by atoms with van der Waals surface area (Å²) in [5.74, 6) is -0.975. The summed E-state index contributed by atoms with van der Waals surface area (Å²) in [4.78, 5) is 17.1. The number of carboxylic acid groups (broad SMARTS) is 1. The number of rotatable bonds is 4. The van der Waals surface area contributed by atoms with E-state index in [0.29, 0.717) is 13.1 Å². The molecule has 0 radical (unpaired) electrons. The van der Waals surface area contributed by atoms with Crippen LogP contribution >= 0.6 is 0 Å². The smallest absolute Gasteiger partial charge is 0.337 e. The fraction of sp³-hybridized carbons (Fsp3) is 0.571. The van der Waals surface area contributed by atoms with Crippen LogP contribution in [0.2, 0.25) is 0 Å². The Morgan fingerprint density at radius 2 is 2.30 bits per heavy atom. The minimum atomic E-state index is -0.975. The first kappa shape index (κ1) is 14.9. The van der Waals surface area contributed by atoms with E-state index in [9.17, 15) is 9.90 Å². The summed E-state index contributed by atoms with van der Waals surface area (Å²) in [5, 5.41) is 18.1. The molecule has 20 heavy (non-hydrogen) atoms. The van der Waals surface area contributed by atoms with Crippen molar-refractivity contribution in [3.8, 4) is 0 Å². The zero-order chi connectivity index (χ0) is 14.8. The van der Waals surface area contributed by atoms with E-state index in [1.54, 1.807) is 12.1 Å². The highest BCUT2D eigenvalue weighted by Crippen LogP contribution is 2.22. The Labute approximate surface area is 118 Å². The molecular formula is C14H20N2O4. The van der Waals surface area contributed by atoms with Gasteiger partial charge in [-0.2, -0.15) is 0 Å². The van der Waals surface area contributed by atoms with Gasteiger partial charge >= 0.3 is 5.97 Å². The summed E-state index contributed by atoms with van der Waals surface area (Å²) in [7, 11) is 0. The highest BCUT2D eigenvalue weighted by Gasteiger charge is 2.33. The maximum absolute atomic E-state index is 10.8. The average Bonchev–Trinajstić information content (AvgIpc) is 2.37. The van der Waals surface area contributed by atoms with Crippen molar-refractivity contribution in [1.29, 1.82) is 0 Å². The van der Waals surface area contributed by atoms with Crippen LogP contribution in [0.15, 0.2) is 18.3 Å². The van der Waals surface area contributed by atoms with Crippen LogP contribution in [0, 0.1) is 0 Å². The zero-order valence-electron chi connectivity index (χ0n) is 11.7. The number of hydrogen-bond donors (Lipinski definition) is 2. The molecule has 1 aromatic heterocycles. The van der Waals surface area contributed by atoms with Crippen molar-refractivity contribution in [2.75, 3.05) is 19.7 Å². The molecule has 2 heterocycles. The van der Waals surface area contributed by atoms with Crippen molar-refractivity contribution < 1.29 is 19.7 Å². The third-order valence-corrected chi connectivity index (χ3v) is 3.21. The highest BCUT2D eigenvalue weighted by molar-refractivity contribution is 5.87. The first-order valence-electron chi connectivity index (χ1n) is 6.59. The van der Waals surface area contributed by atoms with Crippen molar-refractivity contribution in [3.63, 3.8) is 0 Å². The molecule has 6 nitrogen and oxygen atoms in total. The lowest BCUT2D eigenvalue weighted by Crippen LogP contribution is -2.53. The van der Waals surface area contributed by atoms with Gasteiger partial charge < -0.3 is 14.9 Å². The number of aliphatic hydroxyl groups excluding tert-OH is 1. The molecule has 1 aliphatic heterocycles. The third kappa shape index (κ3) is 3.75. The number of ether oxygens (including phenoxy) is 1. The standard InChI is InChI=1S/C14H20N2O4/c1-14(2)9-16(7-12(8-17)20-14)6-11-4-3-10(5-15-11)13(18)19/h3-5,12,17H,6-9H2,1-2H3,(H,18,19). The number of nitrogens with zero attached hydrogens (tertiary/aromatic N) is 2. The topological polar surface area (TPSA) is 82.9 Å². The number of morpholine rings is 1. The number of carboxylic acids is 1. The number of hydrogen-bond acceptors (Lipinski definition) is 5. The fourth-order valence-electron chi connectivity index (χ4n) is 2.51. The molecule has 2 rings (SSSR count). The quantitative estimate of drug-likeness (QED) is 0.847. The number of pyridine rings is 1. The molecule has 1 fully saturated rings. The fourth-order valence-corrected chi connectivity index (χ4v) is 2.51. The van der Waals surface area contributed by atoms with E-state index >= 15 is 0 Å². The van der Waals surface area contributed by atoms with Gasteiger partial charge in [0, 0.05) is 25.8 Å². The zero-order valence-corrected chi connectivity index (χ0v) is 11.7. The second-order valence-electron chi connectivity index (χ2n) is 5.70. The predicted octanol–water partition coefficient (Wildman–Crippen LogP) is 0.752. The van der Waals surface area contributed by atoms with Crippen LogP contribution in [-0.2, 0) is 11.3 Å². The molecule has 1 unspecified atom stereocenters. The van der Waals surface area contributed by atoms with Crippen molar-refractivity contribution in [2.24, 2.45) is 0 Å². The van der Waals surface area contributed by atoms with Crippen LogP contribution in [0.4, 0.5) is 0 Å². The summed E-state index contributed by atoms with van der Waals surface area (Å²) < 4.78 is 5.75. The van der Waals surface area contributed by atoms with Crippen LogP contribution in [0.1, 0.15) is 29.9 Å². The number of aromatic carboxylic acids is 1. The van der Waals surface area contributed by atoms with Gasteiger partial charge in [-0.15, -0.1) is 0 Å². The SMILES string of the molecule is CC1(C)CN(Cc2ccc(C(=O)O)cn2)CC(CO)O1. The third-order valence-electron chi connectivity index (χ3n) is 3.21. The average molecular weight is 280 g/mol. The van der Waals surface area contributed by atoms with Gasteiger partial charge in [0.2, 0.25) is 0 Å². The molecule has 1 atom stereocenters. The van der Waals surface area contributed by atoms with E-state index in [0.717, 1.165) is 12.2 Å². The van der Waals surface area contributed by atoms with Gasteiger partial charge in [-0.1, -0.05) is 0 Å². The summed E-state index contributed by atoms with van der Waals surface area (Å²) in [6.45, 7) is 5.97. The molecule has 0 bridgehead atoms. The van der Waals surface area contributed by atoms with Crippen molar-refractivity contribution >= 4 is 5.97 Å². The molecule has 0 aromatic carbocycles. The lowest BCUT2D eigenvalue weighted by molar-refractivity contribution is -0.150. The lowest BCUT2D eigenvalue weighted by atomic mass is 10.0. The molecule has 110 valence electrons. The monoisotopic (exact) mass is 280 g/mol. The Bertz CT molecular complexity index is 473. The summed E-state index contributed by atoms with van der Waals surface area (Å²) in [6, 6.07) is 3.28. The van der Waals surface area contributed by atoms with Gasteiger partial charge in [0.1, 0.15) is 0 Å². The van der Waals surface area contributed by atoms with E-state index in [1.807, 2.05) is 13.8 Å². The molecule has 1 saturated heterocycles. The normalized spacial score (nSPS) is 22.6. The van der Waals surface area contributed by atoms with Gasteiger partial charge in [-0.25, -0.2) is 4.79 Å². The minimum absolute atomic E-state index is 0.00862. The van der Waals surface area contributed by atoms with Crippen LogP contribution in [0.3, 0.4) is 0 Å². The summed E-state index contributed by atoms with van der Waals surface area (Å²) >= 11 is 0.